The molecule has 0 saturated heterocycles. The third-order valence-electron chi connectivity index (χ3n) is 2.47. The molecule has 0 atom stereocenters. The van der Waals surface area contributed by atoms with Crippen LogP contribution >= 0.6 is 0 Å². The highest BCUT2D eigenvalue weighted by Crippen LogP contribution is 2.21. The Morgan fingerprint density at radius 2 is 2.11 bits per heavy atom. The van der Waals surface area contributed by atoms with Gasteiger partial charge in [0.25, 0.3) is 0 Å². The molecule has 1 aromatic carbocycles. The number of hydrogen-bond acceptors (Lipinski definition) is 4. The highest BCUT2D eigenvalue weighted by Gasteiger charge is 2.25. The lowest BCUT2D eigenvalue weighted by molar-refractivity contribution is 0.180. The van der Waals surface area contributed by atoms with Crippen LogP contribution < -0.4 is 5.73 Å². The molecule has 0 saturated carbocycles. The predicted octanol–water partition coefficient (Wildman–Crippen LogP) is 1.06. The van der Waals surface area contributed by atoms with Gasteiger partial charge in [-0.15, -0.1) is 0 Å². The number of halogens is 1. The number of nitrogens with two attached hydrogens (primary N) is 1. The first-order valence-corrected chi connectivity index (χ1v) is 6.91. The molecule has 0 aromatic heterocycles. The van der Waals surface area contributed by atoms with Crippen LogP contribution in [0.25, 0.3) is 0 Å². The molecule has 2 N–H and O–H groups in total. The summed E-state index contributed by atoms with van der Waals surface area (Å²) in [5.74, 6) is -0.842. The first-order chi connectivity index (χ1) is 8.43. The molecule has 0 spiro atoms. The summed E-state index contributed by atoms with van der Waals surface area (Å²) in [5.41, 5.74) is 5.58. The minimum Gasteiger partial charge on any atom is -0.399 e. The topological polar surface area (TPSA) is 72.6 Å². The molecule has 0 amide bonds. The quantitative estimate of drug-likeness (QED) is 0.789. The van der Waals surface area contributed by atoms with E-state index in [1.54, 1.807) is 6.92 Å². The van der Waals surface area contributed by atoms with Gasteiger partial charge in [-0.1, -0.05) is 6.92 Å². The smallest absolute Gasteiger partial charge is 0.246 e. The molecule has 0 unspecified atom stereocenters. The van der Waals surface area contributed by atoms with E-state index in [0.29, 0.717) is 0 Å². The van der Waals surface area contributed by atoms with E-state index in [4.69, 9.17) is 10.5 Å². The number of hydrogen-bond donors (Lipinski definition) is 1. The van der Waals surface area contributed by atoms with E-state index >= 15 is 0 Å². The van der Waals surface area contributed by atoms with Gasteiger partial charge in [-0.2, -0.15) is 4.31 Å². The van der Waals surface area contributed by atoms with Crippen molar-refractivity contribution < 1.29 is 17.5 Å². The van der Waals surface area contributed by atoms with Crippen LogP contribution in [0, 0.1) is 5.82 Å². The molecule has 0 aliphatic rings. The van der Waals surface area contributed by atoms with Gasteiger partial charge in [0.15, 0.2) is 0 Å². The number of methoxy groups -OCH3 is 1. The minimum atomic E-state index is -3.85. The fraction of sp³-hybridized carbons (Fsp3) is 0.455. The second kappa shape index (κ2) is 6.12. The van der Waals surface area contributed by atoms with Crippen molar-refractivity contribution >= 4 is 15.7 Å². The van der Waals surface area contributed by atoms with Crippen LogP contribution in [-0.2, 0) is 14.8 Å². The zero-order valence-corrected chi connectivity index (χ0v) is 11.2. The number of nitrogen functional groups attached to an aromatic ring is 1. The normalized spacial score (nSPS) is 12.0. The van der Waals surface area contributed by atoms with E-state index in [2.05, 4.69) is 0 Å². The Kier molecular flexibility index (Phi) is 5.06. The van der Waals surface area contributed by atoms with Crippen molar-refractivity contribution in [1.29, 1.82) is 0 Å². The Balaban J connectivity index is 3.10. The largest absolute Gasteiger partial charge is 0.399 e. The number of anilines is 1. The van der Waals surface area contributed by atoms with Crippen molar-refractivity contribution in [2.24, 2.45) is 0 Å². The van der Waals surface area contributed by atoms with Crippen molar-refractivity contribution in [2.75, 3.05) is 32.5 Å². The van der Waals surface area contributed by atoms with Gasteiger partial charge >= 0.3 is 0 Å². The van der Waals surface area contributed by atoms with Crippen molar-refractivity contribution in [1.82, 2.24) is 4.31 Å². The second-order valence-corrected chi connectivity index (χ2v) is 5.59. The highest BCUT2D eigenvalue weighted by atomic mass is 32.2. The zero-order chi connectivity index (χ0) is 13.8. The van der Waals surface area contributed by atoms with E-state index in [9.17, 15) is 12.8 Å². The summed E-state index contributed by atoms with van der Waals surface area (Å²) in [7, 11) is -2.37. The van der Waals surface area contributed by atoms with Crippen molar-refractivity contribution in [3.8, 4) is 0 Å². The van der Waals surface area contributed by atoms with E-state index in [0.717, 1.165) is 10.4 Å². The maximum absolute atomic E-state index is 13.6. The average Bonchev–Trinajstić information content (AvgIpc) is 2.29. The first-order valence-electron chi connectivity index (χ1n) is 5.47. The van der Waals surface area contributed by atoms with Gasteiger partial charge in [0.1, 0.15) is 10.7 Å². The number of likely N-dealkylation sites (N-methyl/N-ethyl adjacent to an activating group) is 1. The van der Waals surface area contributed by atoms with Gasteiger partial charge < -0.3 is 10.5 Å². The Morgan fingerprint density at radius 3 is 2.61 bits per heavy atom. The molecule has 0 aliphatic heterocycles. The molecule has 7 heteroatoms. The number of sulfonamides is 1. The lowest BCUT2D eigenvalue weighted by Crippen LogP contribution is -2.34. The van der Waals surface area contributed by atoms with Crippen LogP contribution in [0.5, 0.6) is 0 Å². The molecule has 5 nitrogen and oxygen atoms in total. The maximum atomic E-state index is 13.6. The minimum absolute atomic E-state index is 0.180. The number of ether oxygens (including phenoxy) is 1. The third-order valence-corrected chi connectivity index (χ3v) is 4.48. The van der Waals surface area contributed by atoms with Gasteiger partial charge in [0.05, 0.1) is 6.61 Å². The summed E-state index contributed by atoms with van der Waals surface area (Å²) in [6, 6.07) is 3.53. The Hall–Kier alpha value is -1.18. The second-order valence-electron chi connectivity index (χ2n) is 3.68. The van der Waals surface area contributed by atoms with Gasteiger partial charge in [0.2, 0.25) is 10.0 Å². The molecule has 102 valence electrons. The predicted molar refractivity (Wildman–Crippen MR) is 67.1 cm³/mol. The monoisotopic (exact) mass is 276 g/mol. The molecule has 18 heavy (non-hydrogen) atoms. The zero-order valence-electron chi connectivity index (χ0n) is 10.4. The van der Waals surface area contributed by atoms with Gasteiger partial charge in [-0.05, 0) is 18.2 Å². The van der Waals surface area contributed by atoms with Crippen LogP contribution in [-0.4, -0.2) is 39.5 Å². The van der Waals surface area contributed by atoms with Crippen LogP contribution in [0.3, 0.4) is 0 Å². The van der Waals surface area contributed by atoms with E-state index in [1.807, 2.05) is 0 Å². The molecule has 1 rings (SSSR count). The standard InChI is InChI=1S/C11H17FN2O3S/c1-3-14(6-7-17-2)18(15,16)11-5-4-9(13)8-10(11)12/h4-5,8H,3,6-7,13H2,1-2H3. The van der Waals surface area contributed by atoms with Gasteiger partial charge in [0, 0.05) is 25.9 Å². The third kappa shape index (κ3) is 3.18. The van der Waals surface area contributed by atoms with Crippen molar-refractivity contribution in [2.45, 2.75) is 11.8 Å². The Morgan fingerprint density at radius 1 is 1.44 bits per heavy atom. The summed E-state index contributed by atoms with van der Waals surface area (Å²) in [6.07, 6.45) is 0. The van der Waals surface area contributed by atoms with E-state index < -0.39 is 15.8 Å². The Bertz CT molecular complexity index is 505. The summed E-state index contributed by atoms with van der Waals surface area (Å²) in [4.78, 5) is -0.366. The summed E-state index contributed by atoms with van der Waals surface area (Å²) in [6.45, 7) is 2.36. The molecule has 0 heterocycles. The fourth-order valence-corrected chi connectivity index (χ4v) is 2.99. The number of nitrogens with zero attached hydrogens (tertiary/aromatic N) is 1. The SMILES string of the molecule is CCN(CCOC)S(=O)(=O)c1ccc(N)cc1F. The lowest BCUT2D eigenvalue weighted by atomic mass is 10.3. The number of benzene rings is 1. The molecule has 0 bridgehead atoms. The Labute approximate surface area is 106 Å². The maximum Gasteiger partial charge on any atom is 0.246 e. The van der Waals surface area contributed by atoms with Gasteiger partial charge in [-0.3, -0.25) is 0 Å². The van der Waals surface area contributed by atoms with Crippen LogP contribution in [0.4, 0.5) is 10.1 Å². The lowest BCUT2D eigenvalue weighted by Gasteiger charge is -2.20. The van der Waals surface area contributed by atoms with Crippen LogP contribution in [0.15, 0.2) is 23.1 Å². The molecular formula is C11H17FN2O3S. The molecule has 0 fully saturated rings. The first kappa shape index (κ1) is 14.9. The molecule has 1 aromatic rings. The van der Waals surface area contributed by atoms with Crippen LogP contribution in [0.2, 0.25) is 0 Å². The summed E-state index contributed by atoms with van der Waals surface area (Å²) >= 11 is 0. The fourth-order valence-electron chi connectivity index (χ4n) is 1.51. The van der Waals surface area contributed by atoms with E-state index in [1.165, 1.54) is 19.2 Å². The van der Waals surface area contributed by atoms with Crippen molar-refractivity contribution in [3.05, 3.63) is 24.0 Å². The molecule has 0 aliphatic carbocycles. The average molecular weight is 276 g/mol. The molecule has 0 radical (unpaired) electrons. The highest BCUT2D eigenvalue weighted by molar-refractivity contribution is 7.89. The van der Waals surface area contributed by atoms with E-state index in [-0.39, 0.29) is 30.3 Å². The van der Waals surface area contributed by atoms with Gasteiger partial charge in [-0.25, -0.2) is 12.8 Å². The molecular weight excluding hydrogens is 259 g/mol. The number of rotatable bonds is 6. The summed E-state index contributed by atoms with van der Waals surface area (Å²) in [5, 5.41) is 0. The summed E-state index contributed by atoms with van der Waals surface area (Å²) < 4.78 is 44.0. The van der Waals surface area contributed by atoms with Crippen LogP contribution in [0.1, 0.15) is 6.92 Å². The van der Waals surface area contributed by atoms with Crippen molar-refractivity contribution in [3.63, 3.8) is 0 Å².